The Kier molecular flexibility index (Phi) is 5.53. The summed E-state index contributed by atoms with van der Waals surface area (Å²) < 4.78 is 5.02. The van der Waals surface area contributed by atoms with Gasteiger partial charge in [0.1, 0.15) is 11.4 Å². The van der Waals surface area contributed by atoms with Gasteiger partial charge in [-0.15, -0.1) is 0 Å². The van der Waals surface area contributed by atoms with Crippen molar-refractivity contribution in [3.63, 3.8) is 0 Å². The van der Waals surface area contributed by atoms with Crippen molar-refractivity contribution in [3.05, 3.63) is 28.3 Å². The Morgan fingerprint density at radius 2 is 2.08 bits per heavy atom. The van der Waals surface area contributed by atoms with Gasteiger partial charge in [-0.2, -0.15) is 0 Å². The number of nitrogens with one attached hydrogen (secondary N) is 1. The summed E-state index contributed by atoms with van der Waals surface area (Å²) in [5, 5.41) is 13.9. The van der Waals surface area contributed by atoms with Crippen LogP contribution in [-0.4, -0.2) is 42.0 Å². The van der Waals surface area contributed by atoms with E-state index in [1.54, 1.807) is 6.07 Å². The second kappa shape index (κ2) is 7.82. The average molecular weight is 347 g/mol. The highest BCUT2D eigenvalue weighted by Crippen LogP contribution is 2.35. The molecule has 0 spiro atoms. The second-order valence-electron chi connectivity index (χ2n) is 6.91. The van der Waals surface area contributed by atoms with Gasteiger partial charge in [-0.1, -0.05) is 12.8 Å². The molecule has 1 heterocycles. The Balaban J connectivity index is 1.67. The lowest BCUT2D eigenvalue weighted by molar-refractivity contribution is -0.384. The molecule has 1 aliphatic carbocycles. The van der Waals surface area contributed by atoms with E-state index in [2.05, 4.69) is 10.2 Å². The van der Waals surface area contributed by atoms with Crippen LogP contribution in [0.25, 0.3) is 0 Å². The van der Waals surface area contributed by atoms with Gasteiger partial charge in [-0.25, -0.2) is 0 Å². The van der Waals surface area contributed by atoms with E-state index in [0.717, 1.165) is 19.4 Å². The molecule has 7 nitrogen and oxygen atoms in total. The molecule has 1 N–H and O–H groups in total. The zero-order valence-electron chi connectivity index (χ0n) is 14.6. The van der Waals surface area contributed by atoms with Gasteiger partial charge in [0.15, 0.2) is 0 Å². The number of ether oxygens (including phenoxy) is 1. The first kappa shape index (κ1) is 17.7. The molecule has 1 aromatic rings. The van der Waals surface area contributed by atoms with Gasteiger partial charge in [-0.3, -0.25) is 19.8 Å². The van der Waals surface area contributed by atoms with Gasteiger partial charge in [0.05, 0.1) is 24.6 Å². The van der Waals surface area contributed by atoms with E-state index in [0.29, 0.717) is 24.3 Å². The Bertz CT molecular complexity index is 647. The molecule has 2 atom stereocenters. The van der Waals surface area contributed by atoms with Crippen molar-refractivity contribution in [2.45, 2.75) is 44.6 Å². The van der Waals surface area contributed by atoms with E-state index in [1.165, 1.54) is 44.9 Å². The standard InChI is InChI=1S/C18H25N3O4/c1-25-14-8-9-15(17(11-14)21(23)24)19-18(22)12-20-10-4-6-13-5-2-3-7-16(13)20/h8-9,11,13,16H,2-7,10,12H2,1H3,(H,19,22)/t13-,16-/m0/s1. The summed E-state index contributed by atoms with van der Waals surface area (Å²) in [7, 11) is 1.45. The van der Waals surface area contributed by atoms with Crippen molar-refractivity contribution < 1.29 is 14.5 Å². The van der Waals surface area contributed by atoms with Gasteiger partial charge in [0.25, 0.3) is 5.69 Å². The first-order chi connectivity index (χ1) is 12.1. The lowest BCUT2D eigenvalue weighted by Crippen LogP contribution is -2.49. The van der Waals surface area contributed by atoms with E-state index in [1.807, 2.05) is 0 Å². The van der Waals surface area contributed by atoms with Gasteiger partial charge in [0, 0.05) is 6.04 Å². The number of piperidine rings is 1. The Morgan fingerprint density at radius 3 is 2.84 bits per heavy atom. The molecule has 2 fully saturated rings. The van der Waals surface area contributed by atoms with Crippen LogP contribution in [-0.2, 0) is 4.79 Å². The number of benzene rings is 1. The minimum Gasteiger partial charge on any atom is -0.496 e. The van der Waals surface area contributed by atoms with Crippen LogP contribution in [0.5, 0.6) is 5.75 Å². The molecular formula is C18H25N3O4. The molecule has 1 aliphatic heterocycles. The molecule has 1 amide bonds. The Hall–Kier alpha value is -2.15. The summed E-state index contributed by atoms with van der Waals surface area (Å²) in [5.41, 5.74) is 0.0647. The van der Waals surface area contributed by atoms with Crippen molar-refractivity contribution in [2.24, 2.45) is 5.92 Å². The monoisotopic (exact) mass is 347 g/mol. The molecule has 2 aliphatic rings. The number of anilines is 1. The van der Waals surface area contributed by atoms with Crippen molar-refractivity contribution in [3.8, 4) is 5.75 Å². The maximum atomic E-state index is 12.5. The number of amides is 1. The van der Waals surface area contributed by atoms with E-state index in [-0.39, 0.29) is 17.3 Å². The zero-order chi connectivity index (χ0) is 17.8. The summed E-state index contributed by atoms with van der Waals surface area (Å²) in [6, 6.07) is 4.95. The quantitative estimate of drug-likeness (QED) is 0.653. The number of carbonyl (C=O) groups excluding carboxylic acids is 1. The Labute approximate surface area is 147 Å². The fraction of sp³-hybridized carbons (Fsp3) is 0.611. The number of nitro benzene ring substituents is 1. The molecule has 7 heteroatoms. The number of fused-ring (bicyclic) bond motifs is 1. The fourth-order valence-corrected chi connectivity index (χ4v) is 4.19. The fourth-order valence-electron chi connectivity index (χ4n) is 4.19. The molecule has 25 heavy (non-hydrogen) atoms. The highest BCUT2D eigenvalue weighted by molar-refractivity contribution is 5.94. The lowest BCUT2D eigenvalue weighted by Gasteiger charge is -2.43. The third-order valence-electron chi connectivity index (χ3n) is 5.38. The normalized spacial score (nSPS) is 23.6. The van der Waals surface area contributed by atoms with E-state index < -0.39 is 4.92 Å². The predicted molar refractivity (Wildman–Crippen MR) is 94.8 cm³/mol. The zero-order valence-corrected chi connectivity index (χ0v) is 14.6. The first-order valence-corrected chi connectivity index (χ1v) is 8.95. The third kappa shape index (κ3) is 4.10. The summed E-state index contributed by atoms with van der Waals surface area (Å²) in [6.45, 7) is 1.23. The summed E-state index contributed by atoms with van der Waals surface area (Å²) in [4.78, 5) is 25.5. The van der Waals surface area contributed by atoms with Crippen LogP contribution in [0.15, 0.2) is 18.2 Å². The molecule has 0 radical (unpaired) electrons. The molecule has 136 valence electrons. The summed E-state index contributed by atoms with van der Waals surface area (Å²) in [6.07, 6.45) is 7.31. The number of hydrogen-bond acceptors (Lipinski definition) is 5. The molecule has 0 unspecified atom stereocenters. The van der Waals surface area contributed by atoms with Crippen LogP contribution < -0.4 is 10.1 Å². The van der Waals surface area contributed by atoms with Gasteiger partial charge >= 0.3 is 0 Å². The van der Waals surface area contributed by atoms with Crippen LogP contribution in [0.3, 0.4) is 0 Å². The second-order valence-corrected chi connectivity index (χ2v) is 6.91. The highest BCUT2D eigenvalue weighted by Gasteiger charge is 2.34. The van der Waals surface area contributed by atoms with Crippen molar-refractivity contribution >= 4 is 17.3 Å². The molecule has 1 saturated carbocycles. The minimum atomic E-state index is -0.504. The van der Waals surface area contributed by atoms with Crippen LogP contribution in [0.1, 0.15) is 38.5 Å². The topological polar surface area (TPSA) is 84.7 Å². The number of likely N-dealkylation sites (tertiary alicyclic amines) is 1. The Morgan fingerprint density at radius 1 is 1.32 bits per heavy atom. The van der Waals surface area contributed by atoms with Gasteiger partial charge in [-0.05, 0) is 50.3 Å². The molecule has 0 aromatic heterocycles. The number of nitrogens with zero attached hydrogens (tertiary/aromatic N) is 2. The maximum absolute atomic E-state index is 12.5. The largest absolute Gasteiger partial charge is 0.496 e. The summed E-state index contributed by atoms with van der Waals surface area (Å²) in [5.74, 6) is 0.899. The number of methoxy groups -OCH3 is 1. The van der Waals surface area contributed by atoms with E-state index >= 15 is 0 Å². The predicted octanol–water partition coefficient (Wildman–Crippen LogP) is 3.20. The van der Waals surface area contributed by atoms with Crippen molar-refractivity contribution in [2.75, 3.05) is 25.5 Å². The lowest BCUT2D eigenvalue weighted by atomic mass is 9.78. The van der Waals surface area contributed by atoms with Crippen LogP contribution in [0, 0.1) is 16.0 Å². The SMILES string of the molecule is COc1ccc(NC(=O)CN2CCC[C@@H]3CCCC[C@@H]32)c([N+](=O)[O-])c1. The average Bonchev–Trinajstić information content (AvgIpc) is 2.62. The smallest absolute Gasteiger partial charge is 0.296 e. The number of carbonyl (C=O) groups is 1. The van der Waals surface area contributed by atoms with Crippen molar-refractivity contribution in [1.82, 2.24) is 4.90 Å². The molecule has 0 bridgehead atoms. The molecule has 3 rings (SSSR count). The number of hydrogen-bond donors (Lipinski definition) is 1. The van der Waals surface area contributed by atoms with Crippen LogP contribution in [0.4, 0.5) is 11.4 Å². The number of rotatable bonds is 5. The molecular weight excluding hydrogens is 322 g/mol. The first-order valence-electron chi connectivity index (χ1n) is 8.95. The molecule has 1 aromatic carbocycles. The highest BCUT2D eigenvalue weighted by atomic mass is 16.6. The minimum absolute atomic E-state index is 0.151. The maximum Gasteiger partial charge on any atom is 0.296 e. The third-order valence-corrected chi connectivity index (χ3v) is 5.38. The van der Waals surface area contributed by atoms with Crippen LogP contribution in [0.2, 0.25) is 0 Å². The van der Waals surface area contributed by atoms with E-state index in [9.17, 15) is 14.9 Å². The van der Waals surface area contributed by atoms with Crippen LogP contribution >= 0.6 is 0 Å². The summed E-state index contributed by atoms with van der Waals surface area (Å²) >= 11 is 0. The van der Waals surface area contributed by atoms with Gasteiger partial charge in [0.2, 0.25) is 5.91 Å². The number of nitro groups is 1. The van der Waals surface area contributed by atoms with Crippen molar-refractivity contribution in [1.29, 1.82) is 0 Å². The molecule has 1 saturated heterocycles. The van der Waals surface area contributed by atoms with E-state index in [4.69, 9.17) is 4.74 Å². The van der Waals surface area contributed by atoms with Gasteiger partial charge < -0.3 is 10.1 Å².